The molecule has 1 rings (SSSR count). The van der Waals surface area contributed by atoms with Gasteiger partial charge in [0.05, 0.1) is 12.1 Å². The molecule has 1 aromatic rings. The molecule has 0 fully saturated rings. The third kappa shape index (κ3) is 3.62. The Morgan fingerprint density at radius 1 is 1.56 bits per heavy atom. The molecule has 88 valence electrons. The van der Waals surface area contributed by atoms with Crippen LogP contribution in [0.1, 0.15) is 13.3 Å². The van der Waals surface area contributed by atoms with Gasteiger partial charge in [-0.05, 0) is 18.6 Å². The molecule has 0 aliphatic rings. The van der Waals surface area contributed by atoms with E-state index >= 15 is 0 Å². The van der Waals surface area contributed by atoms with Gasteiger partial charge in [0.2, 0.25) is 0 Å². The minimum atomic E-state index is 0.395. The standard InChI is InChI=1S/C11H16ClN3O/c1-3-6-14-11(13)15-8-4-5-9(12)10(7-8)16-2/h4-5,7H,3,6H2,1-2H3,(H3,13,14,15). The summed E-state index contributed by atoms with van der Waals surface area (Å²) in [6.45, 7) is 2.76. The number of anilines is 1. The normalized spacial score (nSPS) is 11.3. The first-order chi connectivity index (χ1) is 7.67. The van der Waals surface area contributed by atoms with Crippen molar-refractivity contribution in [3.05, 3.63) is 23.2 Å². The van der Waals surface area contributed by atoms with Gasteiger partial charge in [0, 0.05) is 18.3 Å². The number of halogens is 1. The van der Waals surface area contributed by atoms with Gasteiger partial charge in [0.15, 0.2) is 5.96 Å². The first-order valence-corrected chi connectivity index (χ1v) is 5.45. The molecule has 0 amide bonds. The number of methoxy groups -OCH3 is 1. The van der Waals surface area contributed by atoms with E-state index in [-0.39, 0.29) is 0 Å². The van der Waals surface area contributed by atoms with Crippen LogP contribution in [0.4, 0.5) is 5.69 Å². The zero-order valence-electron chi connectivity index (χ0n) is 9.46. The van der Waals surface area contributed by atoms with Gasteiger partial charge in [-0.25, -0.2) is 0 Å². The van der Waals surface area contributed by atoms with Crippen LogP contribution in [0, 0.1) is 0 Å². The highest BCUT2D eigenvalue weighted by molar-refractivity contribution is 6.32. The second kappa shape index (κ2) is 6.23. The molecular weight excluding hydrogens is 226 g/mol. The predicted octanol–water partition coefficient (Wildman–Crippen LogP) is 2.49. The highest BCUT2D eigenvalue weighted by Gasteiger charge is 2.02. The Morgan fingerprint density at radius 3 is 2.94 bits per heavy atom. The molecule has 4 nitrogen and oxygen atoms in total. The average molecular weight is 242 g/mol. The molecule has 0 heterocycles. The predicted molar refractivity (Wildman–Crippen MR) is 68.4 cm³/mol. The van der Waals surface area contributed by atoms with Crippen molar-refractivity contribution in [2.45, 2.75) is 13.3 Å². The Balaban J connectivity index is 2.74. The number of hydrogen-bond donors (Lipinski definition) is 2. The van der Waals surface area contributed by atoms with Crippen LogP contribution < -0.4 is 15.8 Å². The lowest BCUT2D eigenvalue weighted by Gasteiger charge is -2.08. The van der Waals surface area contributed by atoms with Crippen molar-refractivity contribution in [3.8, 4) is 5.75 Å². The van der Waals surface area contributed by atoms with Crippen molar-refractivity contribution < 1.29 is 4.74 Å². The zero-order valence-corrected chi connectivity index (χ0v) is 10.2. The molecule has 0 aromatic heterocycles. The van der Waals surface area contributed by atoms with Crippen molar-refractivity contribution in [1.82, 2.24) is 0 Å². The van der Waals surface area contributed by atoms with E-state index in [0.29, 0.717) is 23.3 Å². The van der Waals surface area contributed by atoms with Crippen molar-refractivity contribution >= 4 is 23.2 Å². The van der Waals surface area contributed by atoms with Crippen molar-refractivity contribution in [1.29, 1.82) is 0 Å². The third-order valence-electron chi connectivity index (χ3n) is 1.93. The fourth-order valence-corrected chi connectivity index (χ4v) is 1.35. The van der Waals surface area contributed by atoms with E-state index in [4.69, 9.17) is 22.1 Å². The van der Waals surface area contributed by atoms with E-state index in [0.717, 1.165) is 12.1 Å². The van der Waals surface area contributed by atoms with Gasteiger partial charge in [-0.3, -0.25) is 4.99 Å². The molecule has 16 heavy (non-hydrogen) atoms. The van der Waals surface area contributed by atoms with Crippen LogP contribution in [0.2, 0.25) is 5.02 Å². The number of aliphatic imine (C=N–C) groups is 1. The van der Waals surface area contributed by atoms with E-state index in [9.17, 15) is 0 Å². The summed E-state index contributed by atoms with van der Waals surface area (Å²) >= 11 is 5.90. The summed E-state index contributed by atoms with van der Waals surface area (Å²) in [5.74, 6) is 1.00. The lowest BCUT2D eigenvalue weighted by atomic mass is 10.3. The average Bonchev–Trinajstić information content (AvgIpc) is 2.29. The van der Waals surface area contributed by atoms with Crippen LogP contribution in [-0.2, 0) is 0 Å². The SMILES string of the molecule is CCCN=C(N)Nc1ccc(Cl)c(OC)c1. The van der Waals surface area contributed by atoms with Gasteiger partial charge in [-0.15, -0.1) is 0 Å². The first-order valence-electron chi connectivity index (χ1n) is 5.08. The Kier molecular flexibility index (Phi) is 4.92. The maximum atomic E-state index is 5.90. The number of hydrogen-bond acceptors (Lipinski definition) is 2. The summed E-state index contributed by atoms with van der Waals surface area (Å²) in [6, 6.07) is 5.34. The molecule has 0 unspecified atom stereocenters. The van der Waals surface area contributed by atoms with Gasteiger partial charge in [0.1, 0.15) is 5.75 Å². The molecule has 0 aliphatic heterocycles. The minimum absolute atomic E-state index is 0.395. The summed E-state index contributed by atoms with van der Waals surface area (Å²) < 4.78 is 5.10. The van der Waals surface area contributed by atoms with Gasteiger partial charge >= 0.3 is 0 Å². The van der Waals surface area contributed by atoms with Crippen molar-refractivity contribution in [2.24, 2.45) is 10.7 Å². The molecular formula is C11H16ClN3O. The Bertz CT molecular complexity index is 379. The summed E-state index contributed by atoms with van der Waals surface area (Å²) in [4.78, 5) is 4.13. The molecule has 0 atom stereocenters. The summed E-state index contributed by atoms with van der Waals surface area (Å²) in [5.41, 5.74) is 6.49. The molecule has 3 N–H and O–H groups in total. The molecule has 0 spiro atoms. The summed E-state index contributed by atoms with van der Waals surface area (Å²) in [6.07, 6.45) is 0.965. The number of guanidine groups is 1. The minimum Gasteiger partial charge on any atom is -0.495 e. The molecule has 0 radical (unpaired) electrons. The van der Waals surface area contributed by atoms with Gasteiger partial charge in [0.25, 0.3) is 0 Å². The topological polar surface area (TPSA) is 59.6 Å². The number of nitrogens with two attached hydrogens (primary N) is 1. The molecule has 1 aromatic carbocycles. The van der Waals surface area contributed by atoms with E-state index in [1.165, 1.54) is 0 Å². The quantitative estimate of drug-likeness (QED) is 0.629. The van der Waals surface area contributed by atoms with E-state index in [1.54, 1.807) is 19.2 Å². The zero-order chi connectivity index (χ0) is 12.0. The second-order valence-electron chi connectivity index (χ2n) is 3.24. The Hall–Kier alpha value is -1.42. The van der Waals surface area contributed by atoms with Crippen LogP contribution in [0.5, 0.6) is 5.75 Å². The van der Waals surface area contributed by atoms with Crippen molar-refractivity contribution in [2.75, 3.05) is 19.0 Å². The van der Waals surface area contributed by atoms with Crippen LogP contribution in [0.3, 0.4) is 0 Å². The molecule has 0 saturated heterocycles. The lowest BCUT2D eigenvalue weighted by molar-refractivity contribution is 0.415. The lowest BCUT2D eigenvalue weighted by Crippen LogP contribution is -2.22. The summed E-state index contributed by atoms with van der Waals surface area (Å²) in [5, 5.41) is 3.53. The number of nitrogens with zero attached hydrogens (tertiary/aromatic N) is 1. The number of nitrogens with one attached hydrogen (secondary N) is 1. The smallest absolute Gasteiger partial charge is 0.193 e. The van der Waals surface area contributed by atoms with Crippen LogP contribution in [0.25, 0.3) is 0 Å². The fraction of sp³-hybridized carbons (Fsp3) is 0.364. The fourth-order valence-electron chi connectivity index (χ4n) is 1.16. The third-order valence-corrected chi connectivity index (χ3v) is 2.24. The molecule has 0 aliphatic carbocycles. The van der Waals surface area contributed by atoms with Crippen LogP contribution in [0.15, 0.2) is 23.2 Å². The number of ether oxygens (including phenoxy) is 1. The van der Waals surface area contributed by atoms with Crippen LogP contribution in [-0.4, -0.2) is 19.6 Å². The highest BCUT2D eigenvalue weighted by Crippen LogP contribution is 2.27. The van der Waals surface area contributed by atoms with Gasteiger partial charge in [-0.2, -0.15) is 0 Å². The largest absolute Gasteiger partial charge is 0.495 e. The number of benzene rings is 1. The second-order valence-corrected chi connectivity index (χ2v) is 3.65. The molecule has 0 bridgehead atoms. The monoisotopic (exact) mass is 241 g/mol. The highest BCUT2D eigenvalue weighted by atomic mass is 35.5. The maximum absolute atomic E-state index is 5.90. The van der Waals surface area contributed by atoms with Gasteiger partial charge in [-0.1, -0.05) is 18.5 Å². The van der Waals surface area contributed by atoms with E-state index in [1.807, 2.05) is 13.0 Å². The van der Waals surface area contributed by atoms with Gasteiger partial charge < -0.3 is 15.8 Å². The van der Waals surface area contributed by atoms with E-state index in [2.05, 4.69) is 10.3 Å². The Labute approximate surface area is 100 Å². The van der Waals surface area contributed by atoms with E-state index < -0.39 is 0 Å². The van der Waals surface area contributed by atoms with Crippen molar-refractivity contribution in [3.63, 3.8) is 0 Å². The maximum Gasteiger partial charge on any atom is 0.193 e. The molecule has 5 heteroatoms. The number of rotatable bonds is 4. The summed E-state index contributed by atoms with van der Waals surface area (Å²) in [7, 11) is 1.57. The van der Waals surface area contributed by atoms with Crippen LogP contribution >= 0.6 is 11.6 Å². The first kappa shape index (κ1) is 12.6. The Morgan fingerprint density at radius 2 is 2.31 bits per heavy atom. The molecule has 0 saturated carbocycles.